The Labute approximate surface area is 50.0 Å². The molecule has 0 aromatic heterocycles. The maximum Gasteiger partial charge on any atom is 0.242 e. The highest BCUT2D eigenvalue weighted by Crippen LogP contribution is 1.74. The summed E-state index contributed by atoms with van der Waals surface area (Å²) in [6.07, 6.45) is 2.54. The summed E-state index contributed by atoms with van der Waals surface area (Å²) < 4.78 is 10.2. The number of hydrogen-bond donors (Lipinski definition) is 1. The van der Waals surface area contributed by atoms with Crippen molar-refractivity contribution in [2.75, 3.05) is 6.26 Å². The van der Waals surface area contributed by atoms with Gasteiger partial charge in [0.1, 0.15) is 0 Å². The standard InChI is InChI=1S/C4H7NO2S/c1-8(7)3-2-4(5)6/h2-3H,1H3,(H2,5,6)/b3-2-. The average Bonchev–Trinajstić information content (AvgIpc) is 1.61. The zero-order valence-corrected chi connectivity index (χ0v) is 5.27. The molecule has 8 heavy (non-hydrogen) atoms. The van der Waals surface area contributed by atoms with Gasteiger partial charge in [-0.2, -0.15) is 0 Å². The van der Waals surface area contributed by atoms with E-state index in [1.54, 1.807) is 0 Å². The zero-order chi connectivity index (χ0) is 6.57. The molecule has 0 aliphatic heterocycles. The van der Waals surface area contributed by atoms with Gasteiger partial charge in [0, 0.05) is 28.5 Å². The van der Waals surface area contributed by atoms with E-state index in [-0.39, 0.29) is 0 Å². The van der Waals surface area contributed by atoms with Crippen LogP contribution >= 0.6 is 0 Å². The molecule has 0 aromatic rings. The first-order valence-corrected chi connectivity index (χ1v) is 3.55. The van der Waals surface area contributed by atoms with Gasteiger partial charge in [-0.15, -0.1) is 0 Å². The summed E-state index contributed by atoms with van der Waals surface area (Å²) >= 11 is 0. The van der Waals surface area contributed by atoms with Crippen LogP contribution in [0.1, 0.15) is 0 Å². The maximum absolute atomic E-state index is 10.2. The van der Waals surface area contributed by atoms with Gasteiger partial charge in [-0.05, 0) is 0 Å². The third kappa shape index (κ3) is 5.36. The van der Waals surface area contributed by atoms with Gasteiger partial charge in [0.25, 0.3) is 0 Å². The van der Waals surface area contributed by atoms with Gasteiger partial charge in [0.05, 0.1) is 0 Å². The van der Waals surface area contributed by atoms with Crippen LogP contribution in [0.2, 0.25) is 0 Å². The summed E-state index contributed by atoms with van der Waals surface area (Å²) in [5.74, 6) is -0.569. The summed E-state index contributed by atoms with van der Waals surface area (Å²) in [4.78, 5) is 9.90. The molecule has 0 fully saturated rings. The molecular formula is C4H7NO2S. The van der Waals surface area contributed by atoms with Crippen LogP contribution < -0.4 is 5.73 Å². The molecular weight excluding hydrogens is 126 g/mol. The molecule has 0 bridgehead atoms. The van der Waals surface area contributed by atoms with Crippen molar-refractivity contribution in [1.82, 2.24) is 0 Å². The predicted octanol–water partition coefficient (Wildman–Crippen LogP) is -0.636. The third-order valence-corrected chi connectivity index (χ3v) is 0.943. The highest BCUT2D eigenvalue weighted by Gasteiger charge is 1.81. The molecule has 1 amide bonds. The number of rotatable bonds is 2. The van der Waals surface area contributed by atoms with E-state index in [0.29, 0.717) is 0 Å². The SMILES string of the molecule is CS(=O)/C=C\C(N)=O. The Balaban J connectivity index is 3.67. The minimum absolute atomic E-state index is 0.569. The van der Waals surface area contributed by atoms with Crippen LogP contribution in [0.25, 0.3) is 0 Å². The fourth-order valence-electron chi connectivity index (χ4n) is 0.163. The predicted molar refractivity (Wildman–Crippen MR) is 32.4 cm³/mol. The Hall–Kier alpha value is -0.640. The first-order valence-electron chi connectivity index (χ1n) is 1.93. The van der Waals surface area contributed by atoms with Crippen LogP contribution in [-0.2, 0) is 15.6 Å². The van der Waals surface area contributed by atoms with Gasteiger partial charge in [0.15, 0.2) is 0 Å². The third-order valence-electron chi connectivity index (χ3n) is 0.424. The van der Waals surface area contributed by atoms with Crippen LogP contribution in [0.4, 0.5) is 0 Å². The van der Waals surface area contributed by atoms with Crippen molar-refractivity contribution < 1.29 is 9.00 Å². The number of primary amides is 1. The molecule has 0 spiro atoms. The van der Waals surface area contributed by atoms with Crippen molar-refractivity contribution in [2.24, 2.45) is 5.73 Å². The molecule has 3 nitrogen and oxygen atoms in total. The number of hydrogen-bond acceptors (Lipinski definition) is 2. The summed E-state index contributed by atoms with van der Waals surface area (Å²) in [6, 6.07) is 0. The molecule has 0 heterocycles. The first kappa shape index (κ1) is 7.36. The minimum atomic E-state index is -1.07. The second-order valence-corrected chi connectivity index (χ2v) is 2.47. The molecule has 0 aliphatic carbocycles. The minimum Gasteiger partial charge on any atom is -0.366 e. The quantitative estimate of drug-likeness (QED) is 0.509. The Morgan fingerprint density at radius 2 is 2.25 bits per heavy atom. The number of nitrogens with two attached hydrogens (primary N) is 1. The molecule has 0 aliphatic rings. The van der Waals surface area contributed by atoms with Crippen LogP contribution in [0.5, 0.6) is 0 Å². The lowest BCUT2D eigenvalue weighted by atomic mass is 10.6. The van der Waals surface area contributed by atoms with Crippen LogP contribution in [0.15, 0.2) is 11.5 Å². The smallest absolute Gasteiger partial charge is 0.242 e. The van der Waals surface area contributed by atoms with E-state index in [1.807, 2.05) is 0 Å². The molecule has 1 unspecified atom stereocenters. The van der Waals surface area contributed by atoms with E-state index in [4.69, 9.17) is 0 Å². The lowest BCUT2D eigenvalue weighted by molar-refractivity contribution is -0.113. The Bertz CT molecular complexity index is 125. The van der Waals surface area contributed by atoms with Crippen molar-refractivity contribution in [1.29, 1.82) is 0 Å². The topological polar surface area (TPSA) is 60.2 Å². The second-order valence-electron chi connectivity index (χ2n) is 1.20. The fraction of sp³-hybridized carbons (Fsp3) is 0.250. The molecule has 2 N–H and O–H groups in total. The maximum atomic E-state index is 10.2. The average molecular weight is 133 g/mol. The number of carbonyl (C=O) groups is 1. The zero-order valence-electron chi connectivity index (χ0n) is 4.46. The van der Waals surface area contributed by atoms with Crippen LogP contribution in [0, 0.1) is 0 Å². The first-order chi connectivity index (χ1) is 3.63. The van der Waals surface area contributed by atoms with Crippen molar-refractivity contribution in [2.45, 2.75) is 0 Å². The number of amides is 1. The lowest BCUT2D eigenvalue weighted by Gasteiger charge is -1.76. The number of carbonyl (C=O) groups excluding carboxylic acids is 1. The highest BCUT2D eigenvalue weighted by molar-refractivity contribution is 7.87. The highest BCUT2D eigenvalue weighted by atomic mass is 32.2. The van der Waals surface area contributed by atoms with Crippen molar-refractivity contribution in [3.8, 4) is 0 Å². The largest absolute Gasteiger partial charge is 0.366 e. The second kappa shape index (κ2) is 3.37. The molecule has 0 saturated heterocycles. The summed E-state index contributed by atoms with van der Waals surface area (Å²) in [6.45, 7) is 0. The van der Waals surface area contributed by atoms with Crippen molar-refractivity contribution in [3.05, 3.63) is 11.5 Å². The summed E-state index contributed by atoms with van der Waals surface area (Å²) in [7, 11) is -1.07. The van der Waals surface area contributed by atoms with E-state index in [9.17, 15) is 9.00 Å². The monoisotopic (exact) mass is 133 g/mol. The van der Waals surface area contributed by atoms with Crippen molar-refractivity contribution in [3.63, 3.8) is 0 Å². The molecule has 46 valence electrons. The molecule has 0 aromatic carbocycles. The van der Waals surface area contributed by atoms with Gasteiger partial charge >= 0.3 is 0 Å². The van der Waals surface area contributed by atoms with Gasteiger partial charge < -0.3 is 5.73 Å². The van der Waals surface area contributed by atoms with E-state index in [0.717, 1.165) is 6.08 Å². The lowest BCUT2D eigenvalue weighted by Crippen LogP contribution is -2.05. The van der Waals surface area contributed by atoms with E-state index < -0.39 is 16.7 Å². The van der Waals surface area contributed by atoms with Crippen LogP contribution in [-0.4, -0.2) is 16.4 Å². The molecule has 0 rings (SSSR count). The molecule has 1 atom stereocenters. The molecule has 0 radical (unpaired) electrons. The Morgan fingerprint density at radius 3 is 2.38 bits per heavy atom. The van der Waals surface area contributed by atoms with E-state index in [2.05, 4.69) is 5.73 Å². The van der Waals surface area contributed by atoms with Gasteiger partial charge in [-0.1, -0.05) is 0 Å². The Kier molecular flexibility index (Phi) is 3.10. The van der Waals surface area contributed by atoms with E-state index >= 15 is 0 Å². The normalized spacial score (nSPS) is 14.1. The Morgan fingerprint density at radius 1 is 1.75 bits per heavy atom. The van der Waals surface area contributed by atoms with Gasteiger partial charge in [-0.25, -0.2) is 0 Å². The van der Waals surface area contributed by atoms with Crippen molar-refractivity contribution >= 4 is 16.7 Å². The van der Waals surface area contributed by atoms with Gasteiger partial charge in [-0.3, -0.25) is 9.00 Å². The summed E-state index contributed by atoms with van der Waals surface area (Å²) in [5, 5.41) is 1.24. The van der Waals surface area contributed by atoms with Gasteiger partial charge in [0.2, 0.25) is 5.91 Å². The van der Waals surface area contributed by atoms with E-state index in [1.165, 1.54) is 11.7 Å². The molecule has 4 heteroatoms. The summed E-state index contributed by atoms with van der Waals surface area (Å²) in [5.41, 5.74) is 4.68. The molecule has 0 saturated carbocycles. The fourth-order valence-corrected chi connectivity index (χ4v) is 0.489. The van der Waals surface area contributed by atoms with Crippen LogP contribution in [0.3, 0.4) is 0 Å².